The lowest BCUT2D eigenvalue weighted by Gasteiger charge is -2.15. The predicted octanol–water partition coefficient (Wildman–Crippen LogP) is 5.67. The normalized spacial score (nSPS) is 13.0. The minimum atomic E-state index is -4.50. The molecular formula is C19H14Cl2F3NO3. The predicted molar refractivity (Wildman–Crippen MR) is 99.9 cm³/mol. The summed E-state index contributed by atoms with van der Waals surface area (Å²) in [5, 5.41) is 11.3. The summed E-state index contributed by atoms with van der Waals surface area (Å²) < 4.78 is 43.8. The van der Waals surface area contributed by atoms with Gasteiger partial charge < -0.3 is 14.8 Å². The van der Waals surface area contributed by atoms with Crippen LogP contribution < -0.4 is 0 Å². The van der Waals surface area contributed by atoms with Crippen LogP contribution in [0.4, 0.5) is 13.2 Å². The first-order chi connectivity index (χ1) is 13.0. The number of aromatic nitrogens is 1. The highest BCUT2D eigenvalue weighted by Crippen LogP contribution is 2.39. The number of halogens is 5. The van der Waals surface area contributed by atoms with E-state index in [9.17, 15) is 23.1 Å². The summed E-state index contributed by atoms with van der Waals surface area (Å²) in [5.74, 6) is -0.711. The number of aliphatic hydroxyl groups is 1. The molecule has 4 nitrogen and oxygen atoms in total. The summed E-state index contributed by atoms with van der Waals surface area (Å²) >= 11 is 12.4. The molecule has 0 radical (unpaired) electrons. The topological polar surface area (TPSA) is 62.3 Å². The fraction of sp³-hybridized carbons (Fsp3) is 0.211. The molecule has 1 unspecified atom stereocenters. The Morgan fingerprint density at radius 1 is 1.21 bits per heavy atom. The molecule has 0 spiro atoms. The fourth-order valence-corrected chi connectivity index (χ4v) is 3.65. The van der Waals surface area contributed by atoms with Crippen LogP contribution in [0.15, 0.2) is 30.3 Å². The Labute approximate surface area is 167 Å². The Balaban J connectivity index is 2.13. The third-order valence-electron chi connectivity index (χ3n) is 4.39. The molecule has 1 atom stereocenters. The Morgan fingerprint density at radius 2 is 1.89 bits per heavy atom. The second kappa shape index (κ2) is 7.31. The molecule has 0 aliphatic heterocycles. The number of hydrogen-bond donors (Lipinski definition) is 2. The molecule has 1 aromatic heterocycles. The van der Waals surface area contributed by atoms with Gasteiger partial charge in [0.05, 0.1) is 23.3 Å². The van der Waals surface area contributed by atoms with E-state index in [4.69, 9.17) is 23.2 Å². The van der Waals surface area contributed by atoms with Crippen molar-refractivity contribution in [2.45, 2.75) is 19.2 Å². The highest BCUT2D eigenvalue weighted by molar-refractivity contribution is 6.38. The molecular weight excluding hydrogens is 418 g/mol. The van der Waals surface area contributed by atoms with Crippen molar-refractivity contribution in [3.05, 3.63) is 68.3 Å². The van der Waals surface area contributed by atoms with Crippen molar-refractivity contribution in [3.63, 3.8) is 0 Å². The van der Waals surface area contributed by atoms with Crippen LogP contribution in [-0.2, 0) is 10.9 Å². The van der Waals surface area contributed by atoms with Crippen molar-refractivity contribution in [1.29, 1.82) is 0 Å². The molecule has 3 aromatic rings. The van der Waals surface area contributed by atoms with E-state index in [-0.39, 0.29) is 32.4 Å². The first kappa shape index (κ1) is 20.5. The molecule has 2 aromatic carbocycles. The van der Waals surface area contributed by atoms with Gasteiger partial charge in [-0.05, 0) is 42.8 Å². The van der Waals surface area contributed by atoms with Gasteiger partial charge in [0.25, 0.3) is 0 Å². The molecule has 0 aliphatic rings. The number of rotatable bonds is 3. The first-order valence-corrected chi connectivity index (χ1v) is 8.75. The molecule has 1 heterocycles. The lowest BCUT2D eigenvalue weighted by Crippen LogP contribution is -2.08. The molecule has 3 rings (SSSR count). The van der Waals surface area contributed by atoms with Crippen LogP contribution in [0.25, 0.3) is 10.9 Å². The number of methoxy groups -OCH3 is 1. The summed E-state index contributed by atoms with van der Waals surface area (Å²) in [6.07, 6.45) is -5.89. The van der Waals surface area contributed by atoms with Gasteiger partial charge in [0.2, 0.25) is 0 Å². The van der Waals surface area contributed by atoms with Crippen LogP contribution in [-0.4, -0.2) is 23.2 Å². The highest BCUT2D eigenvalue weighted by atomic mass is 35.5. The third kappa shape index (κ3) is 3.57. The van der Waals surface area contributed by atoms with Gasteiger partial charge in [-0.25, -0.2) is 4.79 Å². The van der Waals surface area contributed by atoms with Gasteiger partial charge in [0, 0.05) is 27.2 Å². The van der Waals surface area contributed by atoms with E-state index in [1.54, 1.807) is 6.92 Å². The molecule has 9 heteroatoms. The highest BCUT2D eigenvalue weighted by Gasteiger charge is 2.31. The van der Waals surface area contributed by atoms with Gasteiger partial charge >= 0.3 is 12.1 Å². The molecule has 0 aliphatic carbocycles. The lowest BCUT2D eigenvalue weighted by atomic mass is 10.0. The second-order valence-corrected chi connectivity index (χ2v) is 6.98. The molecule has 0 bridgehead atoms. The summed E-state index contributed by atoms with van der Waals surface area (Å²) in [5.41, 5.74) is 0.0332. The number of aliphatic hydroxyl groups excluding tert-OH is 1. The lowest BCUT2D eigenvalue weighted by molar-refractivity contribution is -0.137. The number of aromatic amines is 1. The SMILES string of the molecule is COC(=O)c1ccc(Cl)c(C(O)c2cc3c(C)cc(C(F)(F)F)cc3[nH]2)c1Cl. The van der Waals surface area contributed by atoms with Gasteiger partial charge in [0.1, 0.15) is 6.10 Å². The maximum Gasteiger partial charge on any atom is 0.416 e. The van der Waals surface area contributed by atoms with Crippen molar-refractivity contribution in [1.82, 2.24) is 4.98 Å². The quantitative estimate of drug-likeness (QED) is 0.525. The smallest absolute Gasteiger partial charge is 0.416 e. The number of nitrogens with one attached hydrogen (secondary N) is 1. The number of hydrogen-bond acceptors (Lipinski definition) is 3. The summed E-state index contributed by atoms with van der Waals surface area (Å²) in [4.78, 5) is 14.6. The summed E-state index contributed by atoms with van der Waals surface area (Å²) in [6, 6.07) is 6.26. The monoisotopic (exact) mass is 431 g/mol. The minimum Gasteiger partial charge on any atom is -0.465 e. The molecule has 28 heavy (non-hydrogen) atoms. The van der Waals surface area contributed by atoms with Crippen molar-refractivity contribution in [2.24, 2.45) is 0 Å². The maximum atomic E-state index is 13.0. The van der Waals surface area contributed by atoms with Gasteiger partial charge in [-0.3, -0.25) is 0 Å². The summed E-state index contributed by atoms with van der Waals surface area (Å²) in [7, 11) is 1.18. The van der Waals surface area contributed by atoms with Crippen LogP contribution in [0.1, 0.15) is 38.8 Å². The molecule has 0 fully saturated rings. The maximum absolute atomic E-state index is 13.0. The molecule has 2 N–H and O–H groups in total. The molecule has 0 saturated carbocycles. The Kier molecular flexibility index (Phi) is 5.36. The van der Waals surface area contributed by atoms with Gasteiger partial charge in [-0.15, -0.1) is 0 Å². The van der Waals surface area contributed by atoms with Crippen molar-refractivity contribution in [3.8, 4) is 0 Å². The Morgan fingerprint density at radius 3 is 2.50 bits per heavy atom. The van der Waals surface area contributed by atoms with Crippen LogP contribution in [0.5, 0.6) is 0 Å². The summed E-state index contributed by atoms with van der Waals surface area (Å²) in [6.45, 7) is 1.54. The number of carbonyl (C=O) groups excluding carboxylic acids is 1. The first-order valence-electron chi connectivity index (χ1n) is 7.99. The zero-order chi connectivity index (χ0) is 20.8. The third-order valence-corrected chi connectivity index (χ3v) is 5.13. The molecule has 0 saturated heterocycles. The van der Waals surface area contributed by atoms with Crippen LogP contribution in [0.3, 0.4) is 0 Å². The van der Waals surface area contributed by atoms with E-state index < -0.39 is 23.8 Å². The van der Waals surface area contributed by atoms with E-state index in [2.05, 4.69) is 9.72 Å². The number of ether oxygens (including phenoxy) is 1. The van der Waals surface area contributed by atoms with Gasteiger partial charge in [-0.1, -0.05) is 23.2 Å². The number of fused-ring (bicyclic) bond motifs is 1. The molecule has 148 valence electrons. The molecule has 0 amide bonds. The second-order valence-electron chi connectivity index (χ2n) is 6.19. The number of benzene rings is 2. The van der Waals surface area contributed by atoms with Crippen molar-refractivity contribution < 1.29 is 27.8 Å². The van der Waals surface area contributed by atoms with Crippen LogP contribution >= 0.6 is 23.2 Å². The van der Waals surface area contributed by atoms with E-state index in [0.29, 0.717) is 10.9 Å². The van der Waals surface area contributed by atoms with E-state index in [0.717, 1.165) is 12.1 Å². The standard InChI is InChI=1S/C19H14Cl2F3NO3/c1-8-5-9(19(22,23)24)6-13-11(8)7-14(25-13)17(26)15-12(20)4-3-10(16(15)21)18(27)28-2/h3-7,17,25-26H,1-2H3. The Bertz CT molecular complexity index is 1080. The average molecular weight is 432 g/mol. The fourth-order valence-electron chi connectivity index (χ4n) is 2.99. The average Bonchev–Trinajstić information content (AvgIpc) is 3.05. The number of carbonyl (C=O) groups is 1. The zero-order valence-electron chi connectivity index (χ0n) is 14.6. The van der Waals surface area contributed by atoms with E-state index in [1.165, 1.54) is 25.3 Å². The number of alkyl halides is 3. The van der Waals surface area contributed by atoms with Gasteiger partial charge in [0.15, 0.2) is 0 Å². The van der Waals surface area contributed by atoms with E-state index in [1.807, 2.05) is 0 Å². The number of H-pyrrole nitrogens is 1. The van der Waals surface area contributed by atoms with Crippen molar-refractivity contribution >= 4 is 40.1 Å². The van der Waals surface area contributed by atoms with Crippen molar-refractivity contribution in [2.75, 3.05) is 7.11 Å². The van der Waals surface area contributed by atoms with Gasteiger partial charge in [-0.2, -0.15) is 13.2 Å². The van der Waals surface area contributed by atoms with Crippen LogP contribution in [0.2, 0.25) is 10.0 Å². The van der Waals surface area contributed by atoms with Crippen LogP contribution in [0, 0.1) is 6.92 Å². The van der Waals surface area contributed by atoms with E-state index >= 15 is 0 Å². The largest absolute Gasteiger partial charge is 0.465 e. The number of aryl methyl sites for hydroxylation is 1. The zero-order valence-corrected chi connectivity index (χ0v) is 16.1. The number of esters is 1. The minimum absolute atomic E-state index is 0.00858. The Hall–Kier alpha value is -2.22.